The highest BCUT2D eigenvalue weighted by Crippen LogP contribution is 2.52. The fourth-order valence-corrected chi connectivity index (χ4v) is 2.95. The third-order valence-corrected chi connectivity index (χ3v) is 4.21. The Labute approximate surface area is 90.7 Å². The number of hydrogen-bond donors (Lipinski definition) is 1. The van der Waals surface area contributed by atoms with Crippen molar-refractivity contribution in [1.82, 2.24) is 0 Å². The summed E-state index contributed by atoms with van der Waals surface area (Å²) in [5.41, 5.74) is 0.0333. The van der Waals surface area contributed by atoms with E-state index in [4.69, 9.17) is 0 Å². The van der Waals surface area contributed by atoms with Gasteiger partial charge in [0.25, 0.3) is 0 Å². The predicted octanol–water partition coefficient (Wildman–Crippen LogP) is 2.38. The zero-order valence-corrected chi connectivity index (χ0v) is 9.25. The molecule has 0 unspecified atom stereocenters. The molecule has 15 heavy (non-hydrogen) atoms. The van der Waals surface area contributed by atoms with E-state index in [0.29, 0.717) is 6.42 Å². The highest BCUT2D eigenvalue weighted by atomic mass is 16.3. The molecular formula is C13H18O2. The van der Waals surface area contributed by atoms with Crippen LogP contribution in [-0.4, -0.2) is 16.5 Å². The summed E-state index contributed by atoms with van der Waals surface area (Å²) in [5, 5.41) is 10.6. The van der Waals surface area contributed by atoms with Crippen molar-refractivity contribution in [3.8, 4) is 0 Å². The molecule has 0 aliphatic heterocycles. The Kier molecular flexibility index (Phi) is 2.34. The third-order valence-electron chi connectivity index (χ3n) is 4.21. The van der Waals surface area contributed by atoms with E-state index in [9.17, 15) is 9.90 Å². The normalized spacial score (nSPS) is 40.7. The van der Waals surface area contributed by atoms with Gasteiger partial charge in [-0.15, -0.1) is 6.58 Å². The summed E-state index contributed by atoms with van der Waals surface area (Å²) < 4.78 is 0. The topological polar surface area (TPSA) is 37.3 Å². The van der Waals surface area contributed by atoms with Crippen LogP contribution in [0, 0.1) is 5.41 Å². The molecule has 0 amide bonds. The highest BCUT2D eigenvalue weighted by molar-refractivity contribution is 5.91. The lowest BCUT2D eigenvalue weighted by atomic mass is 9.57. The van der Waals surface area contributed by atoms with Gasteiger partial charge in [0, 0.05) is 11.8 Å². The van der Waals surface area contributed by atoms with E-state index in [1.165, 1.54) is 0 Å². The smallest absolute Gasteiger partial charge is 0.155 e. The van der Waals surface area contributed by atoms with Crippen molar-refractivity contribution in [1.29, 1.82) is 0 Å². The largest absolute Gasteiger partial charge is 0.385 e. The molecule has 1 N–H and O–H groups in total. The zero-order valence-electron chi connectivity index (χ0n) is 9.25. The van der Waals surface area contributed by atoms with Crippen molar-refractivity contribution in [3.63, 3.8) is 0 Å². The van der Waals surface area contributed by atoms with Crippen LogP contribution in [0.3, 0.4) is 0 Å². The molecule has 0 aromatic rings. The van der Waals surface area contributed by atoms with Gasteiger partial charge in [-0.3, -0.25) is 4.79 Å². The summed E-state index contributed by atoms with van der Waals surface area (Å²) in [4.78, 5) is 11.4. The second-order valence-electron chi connectivity index (χ2n) is 4.95. The number of rotatable bonds is 1. The first kappa shape index (κ1) is 10.6. The lowest BCUT2D eigenvalue weighted by Gasteiger charge is -2.50. The van der Waals surface area contributed by atoms with E-state index in [1.807, 2.05) is 0 Å². The second kappa shape index (κ2) is 3.31. The van der Waals surface area contributed by atoms with Crippen LogP contribution in [0.2, 0.25) is 0 Å². The molecule has 2 nitrogen and oxygen atoms in total. The maximum absolute atomic E-state index is 11.4. The Balaban J connectivity index is 2.46. The maximum atomic E-state index is 11.4. The Morgan fingerprint density at radius 3 is 2.87 bits per heavy atom. The highest BCUT2D eigenvalue weighted by Gasteiger charge is 2.50. The molecule has 2 atom stereocenters. The van der Waals surface area contributed by atoms with Crippen LogP contribution in [-0.2, 0) is 4.79 Å². The summed E-state index contributed by atoms with van der Waals surface area (Å²) in [5.74, 6) is 0.204. The van der Waals surface area contributed by atoms with E-state index < -0.39 is 5.60 Å². The molecule has 2 heteroatoms. The van der Waals surface area contributed by atoms with Crippen LogP contribution in [0.15, 0.2) is 24.3 Å². The van der Waals surface area contributed by atoms with Crippen LogP contribution < -0.4 is 0 Å². The fourth-order valence-electron chi connectivity index (χ4n) is 2.95. The molecule has 1 saturated carbocycles. The first-order valence-electron chi connectivity index (χ1n) is 5.62. The van der Waals surface area contributed by atoms with Gasteiger partial charge >= 0.3 is 0 Å². The first-order valence-corrected chi connectivity index (χ1v) is 5.62. The van der Waals surface area contributed by atoms with Crippen LogP contribution in [0.25, 0.3) is 0 Å². The van der Waals surface area contributed by atoms with Crippen molar-refractivity contribution in [2.24, 2.45) is 5.41 Å². The second-order valence-corrected chi connectivity index (χ2v) is 4.95. The van der Waals surface area contributed by atoms with Crippen LogP contribution in [0.5, 0.6) is 0 Å². The molecule has 0 saturated heterocycles. The summed E-state index contributed by atoms with van der Waals surface area (Å²) in [7, 11) is 0. The van der Waals surface area contributed by atoms with Crippen LogP contribution in [0.1, 0.15) is 39.0 Å². The van der Waals surface area contributed by atoms with E-state index in [0.717, 1.165) is 31.3 Å². The standard InChI is InChI=1S/C13H18O2/c1-3-13(15)7-4-5-10-9-11(14)6-8-12(10,13)2/h3,9,15H,1,4-8H2,2H3/t12-,13-/m0/s1. The van der Waals surface area contributed by atoms with Crippen molar-refractivity contribution in [2.75, 3.05) is 0 Å². The predicted molar refractivity (Wildman–Crippen MR) is 59.4 cm³/mol. The summed E-state index contributed by atoms with van der Waals surface area (Å²) in [6.07, 6.45) is 7.36. The monoisotopic (exact) mass is 206 g/mol. The molecule has 0 bridgehead atoms. The van der Waals surface area contributed by atoms with Crippen molar-refractivity contribution in [3.05, 3.63) is 24.3 Å². The van der Waals surface area contributed by atoms with Gasteiger partial charge in [-0.05, 0) is 31.8 Å². The van der Waals surface area contributed by atoms with E-state index in [-0.39, 0.29) is 11.2 Å². The van der Waals surface area contributed by atoms with Crippen molar-refractivity contribution in [2.45, 2.75) is 44.6 Å². The molecule has 82 valence electrons. The average Bonchev–Trinajstić information content (AvgIpc) is 2.22. The molecule has 0 aromatic heterocycles. The SMILES string of the molecule is C=C[C@]1(O)CCCC2=CC(=O)CC[C@@]21C. The Morgan fingerprint density at radius 1 is 1.47 bits per heavy atom. The molecule has 0 radical (unpaired) electrons. The molecular weight excluding hydrogens is 188 g/mol. The van der Waals surface area contributed by atoms with Gasteiger partial charge in [0.1, 0.15) is 0 Å². The Morgan fingerprint density at radius 2 is 2.20 bits per heavy atom. The van der Waals surface area contributed by atoms with Gasteiger partial charge < -0.3 is 5.11 Å². The van der Waals surface area contributed by atoms with E-state index in [2.05, 4.69) is 13.5 Å². The van der Waals surface area contributed by atoms with Crippen LogP contribution >= 0.6 is 0 Å². The summed E-state index contributed by atoms with van der Waals surface area (Å²) in [6.45, 7) is 5.81. The number of hydrogen-bond acceptors (Lipinski definition) is 2. The zero-order chi connectivity index (χ0) is 11.1. The molecule has 0 spiro atoms. The quantitative estimate of drug-likeness (QED) is 0.669. The minimum atomic E-state index is -0.822. The molecule has 0 heterocycles. The number of ketones is 1. The minimum Gasteiger partial charge on any atom is -0.385 e. The number of allylic oxidation sites excluding steroid dienone is 1. The average molecular weight is 206 g/mol. The maximum Gasteiger partial charge on any atom is 0.155 e. The molecule has 1 fully saturated rings. The van der Waals surface area contributed by atoms with Gasteiger partial charge in [0.05, 0.1) is 5.60 Å². The summed E-state index contributed by atoms with van der Waals surface area (Å²) in [6, 6.07) is 0. The Hall–Kier alpha value is -0.890. The van der Waals surface area contributed by atoms with E-state index >= 15 is 0 Å². The van der Waals surface area contributed by atoms with Gasteiger partial charge in [0.2, 0.25) is 0 Å². The van der Waals surface area contributed by atoms with E-state index in [1.54, 1.807) is 12.2 Å². The van der Waals surface area contributed by atoms with Gasteiger partial charge in [-0.2, -0.15) is 0 Å². The van der Waals surface area contributed by atoms with Crippen molar-refractivity contribution < 1.29 is 9.90 Å². The molecule has 2 rings (SSSR count). The fraction of sp³-hybridized carbons (Fsp3) is 0.615. The van der Waals surface area contributed by atoms with Gasteiger partial charge in [-0.25, -0.2) is 0 Å². The minimum absolute atomic E-state index is 0.204. The molecule has 2 aliphatic carbocycles. The van der Waals surface area contributed by atoms with Crippen LogP contribution in [0.4, 0.5) is 0 Å². The lowest BCUT2D eigenvalue weighted by Crippen LogP contribution is -2.50. The lowest BCUT2D eigenvalue weighted by molar-refractivity contribution is -0.118. The van der Waals surface area contributed by atoms with Crippen molar-refractivity contribution >= 4 is 5.78 Å². The molecule has 0 aromatic carbocycles. The first-order chi connectivity index (χ1) is 7.02. The number of aliphatic hydroxyl groups is 1. The Bertz CT molecular complexity index is 342. The summed E-state index contributed by atoms with van der Waals surface area (Å²) >= 11 is 0. The number of fused-ring (bicyclic) bond motifs is 1. The number of carbonyl (C=O) groups is 1. The van der Waals surface area contributed by atoms with Gasteiger partial charge in [0.15, 0.2) is 5.78 Å². The molecule has 2 aliphatic rings. The number of carbonyl (C=O) groups excluding carboxylic acids is 1. The third kappa shape index (κ3) is 1.39. The van der Waals surface area contributed by atoms with Gasteiger partial charge in [-0.1, -0.05) is 18.6 Å².